The summed E-state index contributed by atoms with van der Waals surface area (Å²) in [6, 6.07) is 6.49. The van der Waals surface area contributed by atoms with Gasteiger partial charge in [0.05, 0.1) is 11.1 Å². The quantitative estimate of drug-likeness (QED) is 0.366. The second-order valence-corrected chi connectivity index (χ2v) is 7.44. The molecular formula is C17H15FN6S2. The van der Waals surface area contributed by atoms with E-state index in [0.29, 0.717) is 5.75 Å². The van der Waals surface area contributed by atoms with Gasteiger partial charge in [0.15, 0.2) is 5.82 Å². The maximum atomic E-state index is 13.3. The zero-order valence-corrected chi connectivity index (χ0v) is 15.6. The summed E-state index contributed by atoms with van der Waals surface area (Å²) >= 11 is 3.14. The van der Waals surface area contributed by atoms with Crippen LogP contribution in [-0.2, 0) is 12.3 Å². The molecule has 26 heavy (non-hydrogen) atoms. The fourth-order valence-electron chi connectivity index (χ4n) is 2.64. The molecule has 0 aliphatic rings. The van der Waals surface area contributed by atoms with Crippen molar-refractivity contribution in [1.29, 1.82) is 0 Å². The number of benzene rings is 1. The van der Waals surface area contributed by atoms with Crippen LogP contribution in [0.15, 0.2) is 41.0 Å². The highest BCUT2D eigenvalue weighted by atomic mass is 32.2. The van der Waals surface area contributed by atoms with E-state index in [2.05, 4.69) is 32.4 Å². The summed E-state index contributed by atoms with van der Waals surface area (Å²) in [7, 11) is 0. The van der Waals surface area contributed by atoms with Gasteiger partial charge in [-0.25, -0.2) is 19.0 Å². The van der Waals surface area contributed by atoms with Crippen LogP contribution in [0.25, 0.3) is 21.3 Å². The van der Waals surface area contributed by atoms with Crippen molar-refractivity contribution in [2.75, 3.05) is 0 Å². The van der Waals surface area contributed by atoms with Crippen molar-refractivity contribution in [2.24, 2.45) is 0 Å². The van der Waals surface area contributed by atoms with E-state index in [1.165, 1.54) is 12.1 Å². The van der Waals surface area contributed by atoms with E-state index >= 15 is 0 Å². The van der Waals surface area contributed by atoms with Crippen LogP contribution >= 0.6 is 23.1 Å². The lowest BCUT2D eigenvalue weighted by Gasteiger charge is -2.06. The van der Waals surface area contributed by atoms with Crippen LogP contribution in [0.1, 0.15) is 19.2 Å². The summed E-state index contributed by atoms with van der Waals surface area (Å²) < 4.78 is 15.1. The van der Waals surface area contributed by atoms with E-state index in [1.807, 2.05) is 10.1 Å². The molecule has 0 saturated carbocycles. The van der Waals surface area contributed by atoms with Gasteiger partial charge in [-0.1, -0.05) is 30.8 Å². The highest BCUT2D eigenvalue weighted by molar-refractivity contribution is 7.98. The number of nitrogens with zero attached hydrogens (tertiary/aromatic N) is 6. The van der Waals surface area contributed by atoms with E-state index < -0.39 is 0 Å². The molecule has 0 N–H and O–H groups in total. The molecule has 4 aromatic rings. The first kappa shape index (κ1) is 17.0. The summed E-state index contributed by atoms with van der Waals surface area (Å²) in [6.45, 7) is 2.88. The standard InChI is InChI=1S/C17H15FN6S2/c1-2-7-24-14(21-22-23-24)9-26-17-15-13(8-25-16(15)19-10-20-17)11-3-5-12(18)6-4-11/h3-6,8,10H,2,7,9H2,1H3. The van der Waals surface area contributed by atoms with Gasteiger partial charge in [0, 0.05) is 17.5 Å². The second kappa shape index (κ2) is 7.46. The number of fused-ring (bicyclic) bond motifs is 1. The molecule has 1 aromatic carbocycles. The van der Waals surface area contributed by atoms with E-state index in [9.17, 15) is 4.39 Å². The van der Waals surface area contributed by atoms with Gasteiger partial charge in [-0.2, -0.15) is 0 Å². The van der Waals surface area contributed by atoms with Gasteiger partial charge in [0.2, 0.25) is 0 Å². The fraction of sp³-hybridized carbons (Fsp3) is 0.235. The number of hydrogen-bond acceptors (Lipinski definition) is 7. The third kappa shape index (κ3) is 3.32. The minimum atomic E-state index is -0.248. The van der Waals surface area contributed by atoms with Crippen molar-refractivity contribution in [2.45, 2.75) is 30.7 Å². The van der Waals surface area contributed by atoms with Crippen LogP contribution in [0.5, 0.6) is 0 Å². The van der Waals surface area contributed by atoms with E-state index in [0.717, 1.165) is 45.2 Å². The van der Waals surface area contributed by atoms with Gasteiger partial charge in [-0.15, -0.1) is 16.4 Å². The zero-order chi connectivity index (χ0) is 17.9. The lowest BCUT2D eigenvalue weighted by molar-refractivity contribution is 0.564. The Bertz CT molecular complexity index is 1030. The summed E-state index contributed by atoms with van der Waals surface area (Å²) in [5.41, 5.74) is 1.96. The Labute approximate surface area is 157 Å². The number of halogens is 1. The monoisotopic (exact) mass is 386 g/mol. The van der Waals surface area contributed by atoms with Crippen molar-refractivity contribution in [1.82, 2.24) is 30.2 Å². The molecule has 0 bridgehead atoms. The molecule has 3 heterocycles. The highest BCUT2D eigenvalue weighted by Gasteiger charge is 2.15. The molecule has 0 fully saturated rings. The van der Waals surface area contributed by atoms with E-state index in [4.69, 9.17) is 0 Å². The minimum absolute atomic E-state index is 0.248. The van der Waals surface area contributed by atoms with Crippen LogP contribution in [0.3, 0.4) is 0 Å². The molecule has 0 aliphatic carbocycles. The molecular weight excluding hydrogens is 371 g/mol. The molecule has 0 amide bonds. The van der Waals surface area contributed by atoms with Crippen molar-refractivity contribution < 1.29 is 4.39 Å². The van der Waals surface area contributed by atoms with Gasteiger partial charge >= 0.3 is 0 Å². The molecule has 0 unspecified atom stereocenters. The molecule has 0 spiro atoms. The normalized spacial score (nSPS) is 11.3. The SMILES string of the molecule is CCCn1nnnc1CSc1ncnc2scc(-c3ccc(F)cc3)c12. The Balaban J connectivity index is 1.68. The zero-order valence-electron chi connectivity index (χ0n) is 14.0. The molecule has 0 radical (unpaired) electrons. The van der Waals surface area contributed by atoms with Crippen molar-refractivity contribution in [3.63, 3.8) is 0 Å². The molecule has 4 rings (SSSR count). The molecule has 0 aliphatic heterocycles. The summed E-state index contributed by atoms with van der Waals surface area (Å²) in [5.74, 6) is 1.20. The predicted molar refractivity (Wildman–Crippen MR) is 100 cm³/mol. The van der Waals surface area contributed by atoms with Gasteiger partial charge in [-0.05, 0) is 34.5 Å². The summed E-state index contributed by atoms with van der Waals surface area (Å²) in [5, 5.41) is 15.8. The fourth-order valence-corrected chi connectivity index (χ4v) is 4.57. The molecule has 3 aromatic heterocycles. The maximum Gasteiger partial charge on any atom is 0.161 e. The first-order valence-corrected chi connectivity index (χ1v) is 9.98. The van der Waals surface area contributed by atoms with Crippen LogP contribution < -0.4 is 0 Å². The van der Waals surface area contributed by atoms with Gasteiger partial charge in [0.25, 0.3) is 0 Å². The number of thiophene rings is 1. The summed E-state index contributed by atoms with van der Waals surface area (Å²) in [4.78, 5) is 9.75. The lowest BCUT2D eigenvalue weighted by atomic mass is 10.1. The van der Waals surface area contributed by atoms with E-state index in [-0.39, 0.29) is 5.82 Å². The minimum Gasteiger partial charge on any atom is -0.229 e. The Morgan fingerprint density at radius 3 is 2.85 bits per heavy atom. The number of tetrazole rings is 1. The van der Waals surface area contributed by atoms with Crippen LogP contribution in [0.2, 0.25) is 0 Å². The number of hydrogen-bond donors (Lipinski definition) is 0. The maximum absolute atomic E-state index is 13.3. The van der Waals surface area contributed by atoms with Crippen LogP contribution in [0.4, 0.5) is 4.39 Å². The number of thioether (sulfide) groups is 1. The van der Waals surface area contributed by atoms with Gasteiger partial charge in [0.1, 0.15) is 22.0 Å². The Morgan fingerprint density at radius 1 is 1.19 bits per heavy atom. The Hall–Kier alpha value is -2.39. The number of rotatable bonds is 6. The Kier molecular flexibility index (Phi) is 4.89. The van der Waals surface area contributed by atoms with Gasteiger partial charge in [-0.3, -0.25) is 0 Å². The molecule has 0 atom stereocenters. The predicted octanol–water partition coefficient (Wildman–Crippen LogP) is 4.19. The molecule has 132 valence electrons. The third-order valence-corrected chi connectivity index (χ3v) is 5.74. The second-order valence-electron chi connectivity index (χ2n) is 5.62. The van der Waals surface area contributed by atoms with Crippen LogP contribution in [-0.4, -0.2) is 30.2 Å². The Morgan fingerprint density at radius 2 is 2.04 bits per heavy atom. The lowest BCUT2D eigenvalue weighted by Crippen LogP contribution is -2.04. The van der Waals surface area contributed by atoms with Crippen molar-refractivity contribution in [3.05, 3.63) is 47.6 Å². The van der Waals surface area contributed by atoms with Crippen LogP contribution in [0, 0.1) is 5.82 Å². The average molecular weight is 386 g/mol. The molecule has 0 saturated heterocycles. The first-order valence-electron chi connectivity index (χ1n) is 8.12. The van der Waals surface area contributed by atoms with Crippen molar-refractivity contribution >= 4 is 33.3 Å². The molecule has 9 heteroatoms. The highest BCUT2D eigenvalue weighted by Crippen LogP contribution is 2.38. The van der Waals surface area contributed by atoms with Crippen molar-refractivity contribution in [3.8, 4) is 11.1 Å². The smallest absolute Gasteiger partial charge is 0.161 e. The largest absolute Gasteiger partial charge is 0.229 e. The van der Waals surface area contributed by atoms with Gasteiger partial charge < -0.3 is 0 Å². The third-order valence-electron chi connectivity index (χ3n) is 3.87. The molecule has 6 nitrogen and oxygen atoms in total. The number of aromatic nitrogens is 6. The number of aryl methyl sites for hydroxylation is 1. The summed E-state index contributed by atoms with van der Waals surface area (Å²) in [6.07, 6.45) is 2.55. The topological polar surface area (TPSA) is 69.4 Å². The average Bonchev–Trinajstić information content (AvgIpc) is 3.28. The first-order chi connectivity index (χ1) is 12.8. The van der Waals surface area contributed by atoms with E-state index in [1.54, 1.807) is 41.6 Å².